The van der Waals surface area contributed by atoms with Crippen molar-refractivity contribution in [2.75, 3.05) is 13.1 Å². The van der Waals surface area contributed by atoms with Crippen molar-refractivity contribution < 1.29 is 4.79 Å². The van der Waals surface area contributed by atoms with E-state index in [-0.39, 0.29) is 11.5 Å². The van der Waals surface area contributed by atoms with Gasteiger partial charge in [0.25, 0.3) is 0 Å². The van der Waals surface area contributed by atoms with Gasteiger partial charge >= 0.3 is 0 Å². The monoisotopic (exact) mass is 226 g/mol. The van der Waals surface area contributed by atoms with E-state index in [0.717, 1.165) is 32.2 Å². The molecule has 94 valence electrons. The van der Waals surface area contributed by atoms with Gasteiger partial charge < -0.3 is 10.6 Å². The minimum absolute atomic E-state index is 0.0993. The molecule has 0 aromatic carbocycles. The number of carbonyl (C=O) groups is 1. The van der Waals surface area contributed by atoms with Gasteiger partial charge in [-0.15, -0.1) is 0 Å². The number of nitrogens with zero attached hydrogens (tertiary/aromatic N) is 1. The molecule has 0 aromatic rings. The molecule has 0 radical (unpaired) electrons. The van der Waals surface area contributed by atoms with E-state index in [1.165, 1.54) is 6.42 Å². The SMILES string of the molecule is CCC(CC)C(=O)N1CCCCC1(C)CN. The Labute approximate surface area is 99.4 Å². The van der Waals surface area contributed by atoms with Crippen LogP contribution in [-0.2, 0) is 4.79 Å². The Morgan fingerprint density at radius 1 is 1.38 bits per heavy atom. The largest absolute Gasteiger partial charge is 0.336 e. The van der Waals surface area contributed by atoms with Crippen LogP contribution in [0.2, 0.25) is 0 Å². The van der Waals surface area contributed by atoms with Crippen molar-refractivity contribution in [2.45, 2.75) is 58.4 Å². The van der Waals surface area contributed by atoms with Gasteiger partial charge in [0.15, 0.2) is 0 Å². The maximum Gasteiger partial charge on any atom is 0.226 e. The Kier molecular flexibility index (Phi) is 4.78. The standard InChI is InChI=1S/C13H26N2O/c1-4-11(5-2)12(16)15-9-7-6-8-13(15,3)10-14/h11H,4-10,14H2,1-3H3. The number of rotatable bonds is 4. The van der Waals surface area contributed by atoms with Crippen molar-refractivity contribution >= 4 is 5.91 Å². The molecule has 1 rings (SSSR count). The predicted molar refractivity (Wildman–Crippen MR) is 67.1 cm³/mol. The lowest BCUT2D eigenvalue weighted by molar-refractivity contribution is -0.143. The maximum absolute atomic E-state index is 12.4. The molecule has 0 saturated carbocycles. The fourth-order valence-electron chi connectivity index (χ4n) is 2.63. The lowest BCUT2D eigenvalue weighted by Gasteiger charge is -2.45. The van der Waals surface area contributed by atoms with Gasteiger partial charge in [-0.3, -0.25) is 4.79 Å². The summed E-state index contributed by atoms with van der Waals surface area (Å²) in [6, 6.07) is 0. The zero-order valence-electron chi connectivity index (χ0n) is 11.0. The highest BCUT2D eigenvalue weighted by Gasteiger charge is 2.37. The van der Waals surface area contributed by atoms with Gasteiger partial charge in [-0.25, -0.2) is 0 Å². The highest BCUT2D eigenvalue weighted by atomic mass is 16.2. The zero-order valence-corrected chi connectivity index (χ0v) is 11.0. The number of hydrogen-bond acceptors (Lipinski definition) is 2. The van der Waals surface area contributed by atoms with Crippen molar-refractivity contribution in [3.05, 3.63) is 0 Å². The van der Waals surface area contributed by atoms with Crippen LogP contribution in [0.4, 0.5) is 0 Å². The fourth-order valence-corrected chi connectivity index (χ4v) is 2.63. The van der Waals surface area contributed by atoms with Crippen LogP contribution >= 0.6 is 0 Å². The summed E-state index contributed by atoms with van der Waals surface area (Å²) in [5, 5.41) is 0. The van der Waals surface area contributed by atoms with Crippen molar-refractivity contribution in [3.8, 4) is 0 Å². The fraction of sp³-hybridized carbons (Fsp3) is 0.923. The molecule has 1 heterocycles. The first kappa shape index (κ1) is 13.5. The summed E-state index contributed by atoms with van der Waals surface area (Å²) in [5.74, 6) is 0.502. The number of piperidine rings is 1. The Morgan fingerprint density at radius 2 is 2.00 bits per heavy atom. The first-order valence-electron chi connectivity index (χ1n) is 6.60. The van der Waals surface area contributed by atoms with E-state index >= 15 is 0 Å². The van der Waals surface area contributed by atoms with E-state index in [1.54, 1.807) is 0 Å². The molecule has 0 spiro atoms. The molecule has 1 atom stereocenters. The molecular weight excluding hydrogens is 200 g/mol. The van der Waals surface area contributed by atoms with Crippen molar-refractivity contribution in [3.63, 3.8) is 0 Å². The summed E-state index contributed by atoms with van der Waals surface area (Å²) in [7, 11) is 0. The molecule has 1 aliphatic rings. The first-order chi connectivity index (χ1) is 7.59. The van der Waals surface area contributed by atoms with Crippen LogP contribution in [0.25, 0.3) is 0 Å². The van der Waals surface area contributed by atoms with Crippen LogP contribution in [0.15, 0.2) is 0 Å². The predicted octanol–water partition coefficient (Wildman–Crippen LogP) is 2.15. The number of amides is 1. The van der Waals surface area contributed by atoms with E-state index < -0.39 is 0 Å². The third-order valence-corrected chi connectivity index (χ3v) is 4.04. The molecule has 1 aliphatic heterocycles. The molecule has 0 aromatic heterocycles. The molecule has 2 N–H and O–H groups in total. The van der Waals surface area contributed by atoms with Gasteiger partial charge in [0.2, 0.25) is 5.91 Å². The van der Waals surface area contributed by atoms with Crippen LogP contribution in [0, 0.1) is 5.92 Å². The number of hydrogen-bond donors (Lipinski definition) is 1. The second-order valence-corrected chi connectivity index (χ2v) is 5.16. The summed E-state index contributed by atoms with van der Waals surface area (Å²) >= 11 is 0. The van der Waals surface area contributed by atoms with Crippen LogP contribution in [0.5, 0.6) is 0 Å². The third kappa shape index (κ3) is 2.57. The second kappa shape index (κ2) is 5.67. The van der Waals surface area contributed by atoms with Gasteiger partial charge in [0.1, 0.15) is 0 Å². The topological polar surface area (TPSA) is 46.3 Å². The molecule has 3 heteroatoms. The van der Waals surface area contributed by atoms with Crippen LogP contribution < -0.4 is 5.73 Å². The van der Waals surface area contributed by atoms with E-state index in [1.807, 2.05) is 4.90 Å². The summed E-state index contributed by atoms with van der Waals surface area (Å²) in [6.45, 7) is 7.79. The smallest absolute Gasteiger partial charge is 0.226 e. The van der Waals surface area contributed by atoms with Crippen LogP contribution in [0.1, 0.15) is 52.9 Å². The quantitative estimate of drug-likeness (QED) is 0.798. The van der Waals surface area contributed by atoms with Gasteiger partial charge in [0, 0.05) is 19.0 Å². The molecule has 1 fully saturated rings. The number of carbonyl (C=O) groups excluding carboxylic acids is 1. The van der Waals surface area contributed by atoms with E-state index in [9.17, 15) is 4.79 Å². The average molecular weight is 226 g/mol. The Balaban J connectivity index is 2.79. The Morgan fingerprint density at radius 3 is 2.50 bits per heavy atom. The maximum atomic E-state index is 12.4. The minimum atomic E-state index is -0.0993. The molecule has 0 aliphatic carbocycles. The summed E-state index contributed by atoms with van der Waals surface area (Å²) in [5.41, 5.74) is 5.76. The second-order valence-electron chi connectivity index (χ2n) is 5.16. The van der Waals surface area contributed by atoms with E-state index in [2.05, 4.69) is 20.8 Å². The summed E-state index contributed by atoms with van der Waals surface area (Å²) in [6.07, 6.45) is 5.25. The van der Waals surface area contributed by atoms with E-state index in [4.69, 9.17) is 5.73 Å². The normalized spacial score (nSPS) is 26.2. The Bertz CT molecular complexity index is 238. The summed E-state index contributed by atoms with van der Waals surface area (Å²) < 4.78 is 0. The van der Waals surface area contributed by atoms with Gasteiger partial charge in [-0.2, -0.15) is 0 Å². The van der Waals surface area contributed by atoms with Gasteiger partial charge in [-0.1, -0.05) is 13.8 Å². The molecule has 3 nitrogen and oxygen atoms in total. The zero-order chi connectivity index (χ0) is 12.2. The van der Waals surface area contributed by atoms with Crippen molar-refractivity contribution in [2.24, 2.45) is 11.7 Å². The minimum Gasteiger partial charge on any atom is -0.336 e. The molecule has 1 amide bonds. The first-order valence-corrected chi connectivity index (χ1v) is 6.60. The molecule has 1 unspecified atom stereocenters. The Hall–Kier alpha value is -0.570. The van der Waals surface area contributed by atoms with Crippen molar-refractivity contribution in [1.82, 2.24) is 4.90 Å². The van der Waals surface area contributed by atoms with Gasteiger partial charge in [-0.05, 0) is 39.0 Å². The number of likely N-dealkylation sites (tertiary alicyclic amines) is 1. The van der Waals surface area contributed by atoms with Crippen LogP contribution in [-0.4, -0.2) is 29.4 Å². The molecule has 16 heavy (non-hydrogen) atoms. The van der Waals surface area contributed by atoms with Crippen molar-refractivity contribution in [1.29, 1.82) is 0 Å². The molecule has 1 saturated heterocycles. The lowest BCUT2D eigenvalue weighted by Crippen LogP contribution is -2.58. The lowest BCUT2D eigenvalue weighted by atomic mass is 9.86. The highest BCUT2D eigenvalue weighted by Crippen LogP contribution is 2.29. The highest BCUT2D eigenvalue weighted by molar-refractivity contribution is 5.79. The molecule has 0 bridgehead atoms. The summed E-state index contributed by atoms with van der Waals surface area (Å²) in [4.78, 5) is 14.5. The van der Waals surface area contributed by atoms with Gasteiger partial charge in [0.05, 0.1) is 5.54 Å². The number of nitrogens with two attached hydrogens (primary N) is 1. The molecular formula is C13H26N2O. The third-order valence-electron chi connectivity index (χ3n) is 4.04. The van der Waals surface area contributed by atoms with Crippen LogP contribution in [0.3, 0.4) is 0 Å². The van der Waals surface area contributed by atoms with E-state index in [0.29, 0.717) is 12.5 Å². The average Bonchev–Trinajstić information content (AvgIpc) is 2.31.